The number of fused-ring (bicyclic) bond motifs is 1. The van der Waals surface area contributed by atoms with Crippen LogP contribution in [0.4, 0.5) is 0 Å². The molecule has 0 bridgehead atoms. The summed E-state index contributed by atoms with van der Waals surface area (Å²) in [7, 11) is 0. The van der Waals surface area contributed by atoms with E-state index in [9.17, 15) is 9.59 Å². The van der Waals surface area contributed by atoms with E-state index >= 15 is 0 Å². The second kappa shape index (κ2) is 8.38. The van der Waals surface area contributed by atoms with Crippen LogP contribution < -0.4 is 5.32 Å². The van der Waals surface area contributed by atoms with Gasteiger partial charge in [0.1, 0.15) is 5.69 Å². The van der Waals surface area contributed by atoms with Gasteiger partial charge in [-0.3, -0.25) is 9.59 Å². The molecule has 1 aromatic carbocycles. The molecule has 4 rings (SSSR count). The smallest absolute Gasteiger partial charge is 0.270 e. The third kappa shape index (κ3) is 4.08. The number of hydrogen-bond donors (Lipinski definition) is 2. The van der Waals surface area contributed by atoms with Gasteiger partial charge in [-0.15, -0.1) is 0 Å². The van der Waals surface area contributed by atoms with Crippen LogP contribution in [0.1, 0.15) is 62.4 Å². The molecule has 1 atom stereocenters. The van der Waals surface area contributed by atoms with Gasteiger partial charge < -0.3 is 15.2 Å². The van der Waals surface area contributed by atoms with Crippen LogP contribution in [0.2, 0.25) is 0 Å². The third-order valence-corrected chi connectivity index (χ3v) is 6.66. The zero-order valence-electron chi connectivity index (χ0n) is 16.7. The van der Waals surface area contributed by atoms with E-state index in [4.69, 9.17) is 0 Å². The van der Waals surface area contributed by atoms with Gasteiger partial charge in [0.05, 0.1) is 0 Å². The van der Waals surface area contributed by atoms with Crippen LogP contribution in [0.5, 0.6) is 0 Å². The highest BCUT2D eigenvalue weighted by molar-refractivity contribution is 5.98. The van der Waals surface area contributed by atoms with Gasteiger partial charge in [0, 0.05) is 36.0 Å². The number of carbonyl (C=O) groups excluding carboxylic acids is 2. The van der Waals surface area contributed by atoms with E-state index in [1.807, 2.05) is 35.2 Å². The lowest BCUT2D eigenvalue weighted by molar-refractivity contribution is -0.127. The molecule has 1 aliphatic heterocycles. The molecule has 5 nitrogen and oxygen atoms in total. The van der Waals surface area contributed by atoms with Crippen LogP contribution in [0.15, 0.2) is 30.3 Å². The molecule has 5 heteroatoms. The number of piperidine rings is 1. The molecular formula is C23H31N3O2. The Labute approximate surface area is 166 Å². The second-order valence-electron chi connectivity index (χ2n) is 8.53. The molecule has 2 aromatic rings. The highest BCUT2D eigenvalue weighted by Gasteiger charge is 2.31. The molecule has 150 valence electrons. The number of nitrogens with zero attached hydrogens (tertiary/aromatic N) is 1. The summed E-state index contributed by atoms with van der Waals surface area (Å²) in [6.07, 6.45) is 7.79. The first kappa shape index (κ1) is 19.0. The van der Waals surface area contributed by atoms with Crippen molar-refractivity contribution < 1.29 is 9.59 Å². The minimum atomic E-state index is 0.0206. The van der Waals surface area contributed by atoms with E-state index in [2.05, 4.69) is 17.2 Å². The first-order valence-corrected chi connectivity index (χ1v) is 10.8. The highest BCUT2D eigenvalue weighted by atomic mass is 16.2. The molecule has 0 spiro atoms. The first-order valence-electron chi connectivity index (χ1n) is 10.8. The Kier molecular flexibility index (Phi) is 5.69. The molecule has 1 aliphatic carbocycles. The van der Waals surface area contributed by atoms with Crippen molar-refractivity contribution in [1.82, 2.24) is 15.2 Å². The lowest BCUT2D eigenvalue weighted by Gasteiger charge is -2.35. The van der Waals surface area contributed by atoms with Gasteiger partial charge in [0.25, 0.3) is 5.91 Å². The maximum atomic E-state index is 12.9. The number of rotatable bonds is 4. The van der Waals surface area contributed by atoms with Gasteiger partial charge in [-0.2, -0.15) is 0 Å². The molecular weight excluding hydrogens is 350 g/mol. The van der Waals surface area contributed by atoms with Gasteiger partial charge in [0.2, 0.25) is 5.91 Å². The van der Waals surface area contributed by atoms with Crippen LogP contribution in [0.3, 0.4) is 0 Å². The van der Waals surface area contributed by atoms with E-state index < -0.39 is 0 Å². The van der Waals surface area contributed by atoms with Crippen LogP contribution in [-0.2, 0) is 4.79 Å². The SMILES string of the molecule is CC(C(=O)NC1CCCCC1)C1CCN(C(=O)c2cc3ccccc3[nH]2)CC1. The molecule has 28 heavy (non-hydrogen) atoms. The lowest BCUT2D eigenvalue weighted by Crippen LogP contribution is -2.45. The fourth-order valence-electron chi connectivity index (χ4n) is 4.76. The third-order valence-electron chi connectivity index (χ3n) is 6.66. The molecule has 1 saturated heterocycles. The van der Waals surface area contributed by atoms with Gasteiger partial charge in [-0.25, -0.2) is 0 Å². The molecule has 2 heterocycles. The summed E-state index contributed by atoms with van der Waals surface area (Å²) in [6, 6.07) is 10.3. The molecule has 1 saturated carbocycles. The quantitative estimate of drug-likeness (QED) is 0.837. The monoisotopic (exact) mass is 381 g/mol. The normalized spacial score (nSPS) is 20.2. The second-order valence-corrected chi connectivity index (χ2v) is 8.53. The maximum Gasteiger partial charge on any atom is 0.270 e. The van der Waals surface area contributed by atoms with Crippen LogP contribution in [0, 0.1) is 11.8 Å². The maximum absolute atomic E-state index is 12.9. The van der Waals surface area contributed by atoms with Gasteiger partial charge in [0.15, 0.2) is 0 Å². The van der Waals surface area contributed by atoms with Gasteiger partial charge in [-0.1, -0.05) is 44.4 Å². The number of aromatic amines is 1. The van der Waals surface area contributed by atoms with Crippen LogP contribution in [-0.4, -0.2) is 40.8 Å². The fourth-order valence-corrected chi connectivity index (χ4v) is 4.76. The predicted octanol–water partition coefficient (Wildman–Crippen LogP) is 4.11. The first-order chi connectivity index (χ1) is 13.6. The molecule has 2 aliphatic rings. The average molecular weight is 382 g/mol. The number of benzene rings is 1. The number of para-hydroxylation sites is 1. The van der Waals surface area contributed by atoms with Crippen LogP contribution >= 0.6 is 0 Å². The van der Waals surface area contributed by atoms with Crippen molar-refractivity contribution in [3.8, 4) is 0 Å². The van der Waals surface area contributed by atoms with Crippen molar-refractivity contribution in [1.29, 1.82) is 0 Å². The largest absolute Gasteiger partial charge is 0.353 e. The number of hydrogen-bond acceptors (Lipinski definition) is 2. The average Bonchev–Trinajstić information content (AvgIpc) is 3.18. The minimum absolute atomic E-state index is 0.0206. The molecule has 1 unspecified atom stereocenters. The summed E-state index contributed by atoms with van der Waals surface area (Å²) < 4.78 is 0. The van der Waals surface area contributed by atoms with Crippen LogP contribution in [0.25, 0.3) is 10.9 Å². The topological polar surface area (TPSA) is 65.2 Å². The Bertz CT molecular complexity index is 796. The summed E-state index contributed by atoms with van der Waals surface area (Å²) in [5, 5.41) is 4.33. The Hall–Kier alpha value is -2.30. The number of aromatic nitrogens is 1. The summed E-state index contributed by atoms with van der Waals surface area (Å²) >= 11 is 0. The Balaban J connectivity index is 1.30. The molecule has 1 aromatic heterocycles. The zero-order chi connectivity index (χ0) is 19.5. The van der Waals surface area contributed by atoms with Crippen molar-refractivity contribution >= 4 is 22.7 Å². The summed E-state index contributed by atoms with van der Waals surface area (Å²) in [4.78, 5) is 30.7. The standard InChI is InChI=1S/C23H31N3O2/c1-16(22(27)24-19-8-3-2-4-9-19)17-11-13-26(14-12-17)23(28)21-15-18-7-5-6-10-20(18)25-21/h5-7,10,15-17,19,25H,2-4,8-9,11-14H2,1H3,(H,24,27). The summed E-state index contributed by atoms with van der Waals surface area (Å²) in [5.74, 6) is 0.642. The molecule has 0 radical (unpaired) electrons. The number of nitrogens with one attached hydrogen (secondary N) is 2. The summed E-state index contributed by atoms with van der Waals surface area (Å²) in [6.45, 7) is 3.50. The predicted molar refractivity (Wildman–Crippen MR) is 111 cm³/mol. The van der Waals surface area contributed by atoms with E-state index in [-0.39, 0.29) is 17.7 Å². The van der Waals surface area contributed by atoms with Gasteiger partial charge >= 0.3 is 0 Å². The van der Waals surface area contributed by atoms with E-state index in [0.717, 1.165) is 49.7 Å². The number of amides is 2. The Morgan fingerprint density at radius 3 is 2.50 bits per heavy atom. The van der Waals surface area contributed by atoms with Gasteiger partial charge in [-0.05, 0) is 43.7 Å². The fraction of sp³-hybridized carbons (Fsp3) is 0.565. The van der Waals surface area contributed by atoms with Crippen molar-refractivity contribution in [2.45, 2.75) is 57.9 Å². The number of likely N-dealkylation sites (tertiary alicyclic amines) is 1. The van der Waals surface area contributed by atoms with E-state index in [0.29, 0.717) is 17.7 Å². The minimum Gasteiger partial charge on any atom is -0.353 e. The number of H-pyrrole nitrogens is 1. The lowest BCUT2D eigenvalue weighted by atomic mass is 9.84. The van der Waals surface area contributed by atoms with Crippen molar-refractivity contribution in [3.63, 3.8) is 0 Å². The Morgan fingerprint density at radius 2 is 1.79 bits per heavy atom. The summed E-state index contributed by atoms with van der Waals surface area (Å²) in [5.41, 5.74) is 1.65. The zero-order valence-corrected chi connectivity index (χ0v) is 16.7. The van der Waals surface area contributed by atoms with E-state index in [1.54, 1.807) is 0 Å². The van der Waals surface area contributed by atoms with Crippen molar-refractivity contribution in [2.75, 3.05) is 13.1 Å². The highest BCUT2D eigenvalue weighted by Crippen LogP contribution is 2.27. The Morgan fingerprint density at radius 1 is 1.07 bits per heavy atom. The molecule has 2 amide bonds. The molecule has 2 fully saturated rings. The molecule has 2 N–H and O–H groups in total. The van der Waals surface area contributed by atoms with Crippen molar-refractivity contribution in [3.05, 3.63) is 36.0 Å². The van der Waals surface area contributed by atoms with Crippen molar-refractivity contribution in [2.24, 2.45) is 11.8 Å². The number of carbonyl (C=O) groups is 2. The van der Waals surface area contributed by atoms with E-state index in [1.165, 1.54) is 19.3 Å².